The van der Waals surface area contributed by atoms with E-state index < -0.39 is 11.0 Å². The van der Waals surface area contributed by atoms with Gasteiger partial charge < -0.3 is 24.5 Å². The molecule has 2 aromatic rings. The summed E-state index contributed by atoms with van der Waals surface area (Å²) in [6.07, 6.45) is 1.82. The molecule has 0 aliphatic carbocycles. The zero-order chi connectivity index (χ0) is 17.9. The van der Waals surface area contributed by atoms with E-state index in [0.29, 0.717) is 0 Å². The fourth-order valence-electron chi connectivity index (χ4n) is 2.30. The van der Waals surface area contributed by atoms with E-state index in [4.69, 9.17) is 4.74 Å². The lowest BCUT2D eigenvalue weighted by Crippen LogP contribution is -2.23. The summed E-state index contributed by atoms with van der Waals surface area (Å²) >= 11 is 0. The van der Waals surface area contributed by atoms with Crippen molar-refractivity contribution in [2.45, 2.75) is 45.8 Å². The van der Waals surface area contributed by atoms with E-state index in [-0.39, 0.29) is 24.4 Å². The second-order valence-corrected chi connectivity index (χ2v) is 6.88. The molecule has 130 valence electrons. The van der Waals surface area contributed by atoms with Crippen molar-refractivity contribution in [3.63, 3.8) is 0 Å². The van der Waals surface area contributed by atoms with Crippen molar-refractivity contribution in [3.05, 3.63) is 52.0 Å². The predicted molar refractivity (Wildman–Crippen MR) is 90.3 cm³/mol. The van der Waals surface area contributed by atoms with Crippen LogP contribution in [0.5, 0.6) is 5.75 Å². The van der Waals surface area contributed by atoms with Gasteiger partial charge in [-0.3, -0.25) is 0 Å². The molecule has 0 radical (unpaired) electrons. The van der Waals surface area contributed by atoms with Crippen LogP contribution < -0.4 is 4.74 Å². The summed E-state index contributed by atoms with van der Waals surface area (Å²) in [5.41, 5.74) is 2.30. The number of aromatic nitrogens is 2. The average molecular weight is 333 g/mol. The molecule has 7 nitrogen and oxygen atoms in total. The van der Waals surface area contributed by atoms with Gasteiger partial charge in [-0.2, -0.15) is 0 Å². The quantitative estimate of drug-likeness (QED) is 0.648. The third kappa shape index (κ3) is 4.55. The third-order valence-electron chi connectivity index (χ3n) is 3.70. The number of nitrogens with zero attached hydrogens (tertiary/aromatic N) is 3. The summed E-state index contributed by atoms with van der Waals surface area (Å²) in [5, 5.41) is 20.6. The number of rotatable bonds is 6. The first-order valence-corrected chi connectivity index (χ1v) is 7.75. The first-order chi connectivity index (χ1) is 11.2. The van der Waals surface area contributed by atoms with Gasteiger partial charge in [-0.1, -0.05) is 32.9 Å². The van der Waals surface area contributed by atoms with Crippen molar-refractivity contribution in [1.29, 1.82) is 0 Å². The first kappa shape index (κ1) is 17.9. The number of hydrogen-bond donors (Lipinski definition) is 1. The molecule has 0 bridgehead atoms. The van der Waals surface area contributed by atoms with Crippen LogP contribution in [0.2, 0.25) is 0 Å². The number of aryl methyl sites for hydroxylation is 1. The number of benzene rings is 1. The predicted octanol–water partition coefficient (Wildman–Crippen LogP) is 2.84. The standard InChI is InChI=1S/C17H23N3O4/c1-12-7-13(17(2,3)4)5-6-15(12)24-10-14(21)8-19-9-16(18-11-19)20(22)23/h5-7,9,11,14,21H,8,10H2,1-4H3/t14-/m0/s1. The summed E-state index contributed by atoms with van der Waals surface area (Å²) in [7, 11) is 0. The Morgan fingerprint density at radius 3 is 2.67 bits per heavy atom. The molecule has 2 rings (SSSR count). The lowest BCUT2D eigenvalue weighted by Gasteiger charge is -2.21. The molecule has 0 saturated carbocycles. The van der Waals surface area contributed by atoms with Crippen LogP contribution in [-0.4, -0.2) is 32.3 Å². The molecule has 1 aromatic carbocycles. The summed E-state index contributed by atoms with van der Waals surface area (Å²) in [6.45, 7) is 8.70. The van der Waals surface area contributed by atoms with Crippen LogP contribution in [0.25, 0.3) is 0 Å². The summed E-state index contributed by atoms with van der Waals surface area (Å²) in [5.74, 6) is 0.482. The highest BCUT2D eigenvalue weighted by Gasteiger charge is 2.16. The molecule has 1 N–H and O–H groups in total. The topological polar surface area (TPSA) is 90.4 Å². The van der Waals surface area contributed by atoms with E-state index >= 15 is 0 Å². The zero-order valence-electron chi connectivity index (χ0n) is 14.4. The molecule has 1 aromatic heterocycles. The Hall–Kier alpha value is -2.41. The van der Waals surface area contributed by atoms with E-state index in [2.05, 4.69) is 31.8 Å². The first-order valence-electron chi connectivity index (χ1n) is 7.75. The van der Waals surface area contributed by atoms with Crippen molar-refractivity contribution in [3.8, 4) is 5.75 Å². The highest BCUT2D eigenvalue weighted by molar-refractivity contribution is 5.38. The van der Waals surface area contributed by atoms with Crippen molar-refractivity contribution in [1.82, 2.24) is 9.55 Å². The number of imidazole rings is 1. The van der Waals surface area contributed by atoms with Crippen molar-refractivity contribution < 1.29 is 14.8 Å². The van der Waals surface area contributed by atoms with Gasteiger partial charge in [0.15, 0.2) is 0 Å². The van der Waals surface area contributed by atoms with Gasteiger partial charge >= 0.3 is 5.82 Å². The highest BCUT2D eigenvalue weighted by Crippen LogP contribution is 2.27. The van der Waals surface area contributed by atoms with Crippen LogP contribution in [-0.2, 0) is 12.0 Å². The molecule has 0 unspecified atom stereocenters. The van der Waals surface area contributed by atoms with Crippen molar-refractivity contribution >= 4 is 5.82 Å². The summed E-state index contributed by atoms with van der Waals surface area (Å²) in [4.78, 5) is 13.7. The van der Waals surface area contributed by atoms with Gasteiger partial charge in [0.25, 0.3) is 0 Å². The molecule has 1 atom stereocenters. The van der Waals surface area contributed by atoms with Crippen molar-refractivity contribution in [2.75, 3.05) is 6.61 Å². The number of nitro groups is 1. The van der Waals surface area contributed by atoms with Gasteiger partial charge in [0.05, 0.1) is 6.54 Å². The Balaban J connectivity index is 1.93. The van der Waals surface area contributed by atoms with Crippen LogP contribution >= 0.6 is 0 Å². The molecular formula is C17H23N3O4. The van der Waals surface area contributed by atoms with Gasteiger partial charge in [-0.15, -0.1) is 0 Å². The van der Waals surface area contributed by atoms with Crippen LogP contribution in [0.1, 0.15) is 31.9 Å². The van der Waals surface area contributed by atoms with Gasteiger partial charge in [0.2, 0.25) is 6.33 Å². The highest BCUT2D eigenvalue weighted by atomic mass is 16.6. The van der Waals surface area contributed by atoms with E-state index in [1.807, 2.05) is 19.1 Å². The normalized spacial score (nSPS) is 12.9. The van der Waals surface area contributed by atoms with Crippen LogP contribution in [0.4, 0.5) is 5.82 Å². The van der Waals surface area contributed by atoms with Crippen molar-refractivity contribution in [2.24, 2.45) is 0 Å². The number of aliphatic hydroxyl groups excluding tert-OH is 1. The van der Waals surface area contributed by atoms with Gasteiger partial charge in [0, 0.05) is 0 Å². The fourth-order valence-corrected chi connectivity index (χ4v) is 2.30. The molecule has 0 aliphatic rings. The van der Waals surface area contributed by atoms with Gasteiger partial charge in [0.1, 0.15) is 24.7 Å². The lowest BCUT2D eigenvalue weighted by atomic mass is 9.86. The summed E-state index contributed by atoms with van der Waals surface area (Å²) in [6, 6.07) is 6.01. The maximum absolute atomic E-state index is 10.6. The maximum atomic E-state index is 10.6. The fraction of sp³-hybridized carbons (Fsp3) is 0.471. The number of ether oxygens (including phenoxy) is 1. The minimum atomic E-state index is -0.791. The Morgan fingerprint density at radius 1 is 1.42 bits per heavy atom. The summed E-state index contributed by atoms with van der Waals surface area (Å²) < 4.78 is 7.15. The molecular weight excluding hydrogens is 310 g/mol. The van der Waals surface area contributed by atoms with E-state index in [9.17, 15) is 15.2 Å². The Morgan fingerprint density at radius 2 is 2.12 bits per heavy atom. The maximum Gasteiger partial charge on any atom is 0.381 e. The molecule has 24 heavy (non-hydrogen) atoms. The Bertz CT molecular complexity index is 719. The van der Waals surface area contributed by atoms with Crippen LogP contribution in [0.15, 0.2) is 30.7 Å². The van der Waals surface area contributed by atoms with Gasteiger partial charge in [-0.05, 0) is 39.4 Å². The Kier molecular flexibility index (Phi) is 5.23. The largest absolute Gasteiger partial charge is 0.491 e. The SMILES string of the molecule is Cc1cc(C(C)(C)C)ccc1OC[C@@H](O)Cn1cnc([N+](=O)[O-])c1. The molecule has 0 saturated heterocycles. The second kappa shape index (κ2) is 7.00. The van der Waals surface area contributed by atoms with Crippen LogP contribution in [0, 0.1) is 17.0 Å². The molecule has 7 heteroatoms. The number of aliphatic hydroxyl groups is 1. The van der Waals surface area contributed by atoms with E-state index in [1.165, 1.54) is 22.7 Å². The van der Waals surface area contributed by atoms with Crippen LogP contribution in [0.3, 0.4) is 0 Å². The monoisotopic (exact) mass is 333 g/mol. The van der Waals surface area contributed by atoms with E-state index in [1.54, 1.807) is 0 Å². The third-order valence-corrected chi connectivity index (χ3v) is 3.70. The van der Waals surface area contributed by atoms with Gasteiger partial charge in [-0.25, -0.2) is 0 Å². The smallest absolute Gasteiger partial charge is 0.381 e. The average Bonchev–Trinajstić information content (AvgIpc) is 2.93. The minimum Gasteiger partial charge on any atom is -0.491 e. The lowest BCUT2D eigenvalue weighted by molar-refractivity contribution is -0.389. The van der Waals surface area contributed by atoms with E-state index in [0.717, 1.165) is 11.3 Å². The molecule has 0 amide bonds. The number of hydrogen-bond acceptors (Lipinski definition) is 5. The molecule has 0 aliphatic heterocycles. The second-order valence-electron chi connectivity index (χ2n) is 6.88. The Labute approximate surface area is 141 Å². The minimum absolute atomic E-state index is 0.0684. The molecule has 0 spiro atoms. The zero-order valence-corrected chi connectivity index (χ0v) is 14.4. The molecule has 0 fully saturated rings. The molecule has 1 heterocycles.